The monoisotopic (exact) mass is 251 g/mol. The molecule has 0 saturated carbocycles. The standard InChI is InChI=1S/C13H21N3O2/c1-8(2)5-9(3)16-12-6-10(13(17)18-4)11(14)7-15-12/h6-9H,5,14H2,1-4H3,(H,15,16). The number of nitrogens with zero attached hydrogens (tertiary/aromatic N) is 1. The van der Waals surface area contributed by atoms with Crippen molar-refractivity contribution in [1.29, 1.82) is 0 Å². The van der Waals surface area contributed by atoms with E-state index in [2.05, 4.69) is 35.8 Å². The molecule has 1 unspecified atom stereocenters. The third kappa shape index (κ3) is 3.91. The number of esters is 1. The first-order valence-corrected chi connectivity index (χ1v) is 6.04. The number of nitrogens with two attached hydrogens (primary N) is 1. The van der Waals surface area contributed by atoms with Crippen LogP contribution in [0.1, 0.15) is 37.6 Å². The van der Waals surface area contributed by atoms with Crippen molar-refractivity contribution in [1.82, 2.24) is 4.98 Å². The number of hydrogen-bond acceptors (Lipinski definition) is 5. The SMILES string of the molecule is COC(=O)c1cc(NC(C)CC(C)C)ncc1N. The summed E-state index contributed by atoms with van der Waals surface area (Å²) in [5.74, 6) is 0.786. The van der Waals surface area contributed by atoms with Crippen LogP contribution in [0, 0.1) is 5.92 Å². The van der Waals surface area contributed by atoms with Gasteiger partial charge in [-0.1, -0.05) is 13.8 Å². The van der Waals surface area contributed by atoms with Gasteiger partial charge in [0.25, 0.3) is 0 Å². The number of rotatable bonds is 5. The van der Waals surface area contributed by atoms with Gasteiger partial charge in [0, 0.05) is 6.04 Å². The molecule has 0 amide bonds. The maximum absolute atomic E-state index is 11.5. The van der Waals surface area contributed by atoms with Gasteiger partial charge in [-0.25, -0.2) is 9.78 Å². The van der Waals surface area contributed by atoms with Crippen molar-refractivity contribution in [3.05, 3.63) is 17.8 Å². The molecule has 0 aliphatic rings. The summed E-state index contributed by atoms with van der Waals surface area (Å²) < 4.78 is 4.67. The number of methoxy groups -OCH3 is 1. The third-order valence-corrected chi connectivity index (χ3v) is 2.56. The van der Waals surface area contributed by atoms with Crippen LogP contribution >= 0.6 is 0 Å². The fraction of sp³-hybridized carbons (Fsp3) is 0.538. The molecule has 5 nitrogen and oxygen atoms in total. The maximum Gasteiger partial charge on any atom is 0.340 e. The average Bonchev–Trinajstić information content (AvgIpc) is 2.29. The molecule has 0 radical (unpaired) electrons. The number of hydrogen-bond donors (Lipinski definition) is 2. The van der Waals surface area contributed by atoms with Gasteiger partial charge >= 0.3 is 5.97 Å². The summed E-state index contributed by atoms with van der Waals surface area (Å²) in [5, 5.41) is 3.25. The van der Waals surface area contributed by atoms with Crippen LogP contribution in [0.15, 0.2) is 12.3 Å². The first kappa shape index (κ1) is 14.3. The lowest BCUT2D eigenvalue weighted by atomic mass is 10.1. The van der Waals surface area contributed by atoms with Gasteiger partial charge in [-0.2, -0.15) is 0 Å². The van der Waals surface area contributed by atoms with Crippen LogP contribution in [0.2, 0.25) is 0 Å². The van der Waals surface area contributed by atoms with E-state index < -0.39 is 5.97 Å². The average molecular weight is 251 g/mol. The van der Waals surface area contributed by atoms with Gasteiger partial charge in [0.15, 0.2) is 0 Å². The lowest BCUT2D eigenvalue weighted by Crippen LogP contribution is -2.19. The van der Waals surface area contributed by atoms with Crippen molar-refractivity contribution in [2.45, 2.75) is 33.2 Å². The number of aromatic nitrogens is 1. The summed E-state index contributed by atoms with van der Waals surface area (Å²) >= 11 is 0. The Hall–Kier alpha value is -1.78. The summed E-state index contributed by atoms with van der Waals surface area (Å²) in [6.45, 7) is 6.40. The number of carbonyl (C=O) groups excluding carboxylic acids is 1. The van der Waals surface area contributed by atoms with E-state index in [9.17, 15) is 4.79 Å². The van der Waals surface area contributed by atoms with E-state index in [4.69, 9.17) is 5.73 Å². The van der Waals surface area contributed by atoms with Gasteiger partial charge in [-0.3, -0.25) is 0 Å². The molecule has 1 aromatic heterocycles. The fourth-order valence-corrected chi connectivity index (χ4v) is 1.85. The maximum atomic E-state index is 11.5. The zero-order valence-electron chi connectivity index (χ0n) is 11.4. The van der Waals surface area contributed by atoms with Gasteiger partial charge in [-0.15, -0.1) is 0 Å². The Bertz CT molecular complexity index is 419. The number of pyridine rings is 1. The van der Waals surface area contributed by atoms with E-state index in [0.29, 0.717) is 23.0 Å². The first-order valence-electron chi connectivity index (χ1n) is 6.04. The molecule has 18 heavy (non-hydrogen) atoms. The Morgan fingerprint density at radius 3 is 2.72 bits per heavy atom. The molecular formula is C13H21N3O2. The van der Waals surface area contributed by atoms with Gasteiger partial charge in [0.1, 0.15) is 5.82 Å². The molecule has 0 aliphatic carbocycles. The summed E-state index contributed by atoms with van der Waals surface area (Å²) in [5.41, 5.74) is 6.35. The Kier molecular flexibility index (Phi) is 4.95. The molecule has 1 atom stereocenters. The highest BCUT2D eigenvalue weighted by atomic mass is 16.5. The molecule has 1 heterocycles. The molecular weight excluding hydrogens is 230 g/mol. The van der Waals surface area contributed by atoms with Gasteiger partial charge in [0.2, 0.25) is 0 Å². The number of anilines is 2. The predicted octanol–water partition coefficient (Wildman–Crippen LogP) is 2.30. The lowest BCUT2D eigenvalue weighted by molar-refractivity contribution is 0.0602. The van der Waals surface area contributed by atoms with E-state index in [1.54, 1.807) is 6.07 Å². The molecule has 1 aromatic rings. The topological polar surface area (TPSA) is 77.2 Å². The van der Waals surface area contributed by atoms with Crippen molar-refractivity contribution in [3.63, 3.8) is 0 Å². The van der Waals surface area contributed by atoms with Crippen LogP contribution in [0.5, 0.6) is 0 Å². The molecule has 0 saturated heterocycles. The Labute approximate surface area is 108 Å². The minimum atomic E-state index is -0.450. The molecule has 3 N–H and O–H groups in total. The Morgan fingerprint density at radius 1 is 1.50 bits per heavy atom. The van der Waals surface area contributed by atoms with Crippen LogP contribution in [-0.4, -0.2) is 24.1 Å². The summed E-state index contributed by atoms with van der Waals surface area (Å²) in [4.78, 5) is 15.7. The van der Waals surface area contributed by atoms with Crippen LogP contribution in [-0.2, 0) is 4.74 Å². The second-order valence-corrected chi connectivity index (χ2v) is 4.82. The second kappa shape index (κ2) is 6.23. The molecule has 0 spiro atoms. The van der Waals surface area contributed by atoms with Crippen LogP contribution in [0.4, 0.5) is 11.5 Å². The zero-order valence-corrected chi connectivity index (χ0v) is 11.4. The largest absolute Gasteiger partial charge is 0.465 e. The van der Waals surface area contributed by atoms with E-state index in [1.165, 1.54) is 13.3 Å². The Balaban J connectivity index is 2.82. The van der Waals surface area contributed by atoms with Crippen molar-refractivity contribution >= 4 is 17.5 Å². The highest BCUT2D eigenvalue weighted by molar-refractivity contribution is 5.95. The van der Waals surface area contributed by atoms with Crippen LogP contribution in [0.3, 0.4) is 0 Å². The van der Waals surface area contributed by atoms with Gasteiger partial charge in [-0.05, 0) is 25.3 Å². The van der Waals surface area contributed by atoms with Crippen LogP contribution < -0.4 is 11.1 Å². The van der Waals surface area contributed by atoms with Crippen molar-refractivity contribution in [2.24, 2.45) is 5.92 Å². The number of ether oxygens (including phenoxy) is 1. The highest BCUT2D eigenvalue weighted by Gasteiger charge is 2.13. The normalized spacial score (nSPS) is 12.3. The quantitative estimate of drug-likeness (QED) is 0.785. The van der Waals surface area contributed by atoms with E-state index in [-0.39, 0.29) is 6.04 Å². The van der Waals surface area contributed by atoms with Crippen molar-refractivity contribution in [2.75, 3.05) is 18.2 Å². The molecule has 0 aliphatic heterocycles. The smallest absolute Gasteiger partial charge is 0.340 e. The van der Waals surface area contributed by atoms with Gasteiger partial charge in [0.05, 0.1) is 24.6 Å². The lowest BCUT2D eigenvalue weighted by Gasteiger charge is -2.17. The predicted molar refractivity (Wildman–Crippen MR) is 72.5 cm³/mol. The highest BCUT2D eigenvalue weighted by Crippen LogP contribution is 2.17. The van der Waals surface area contributed by atoms with E-state index in [0.717, 1.165) is 6.42 Å². The second-order valence-electron chi connectivity index (χ2n) is 4.82. The zero-order chi connectivity index (χ0) is 13.7. The fourth-order valence-electron chi connectivity index (χ4n) is 1.85. The van der Waals surface area contributed by atoms with Crippen molar-refractivity contribution in [3.8, 4) is 0 Å². The van der Waals surface area contributed by atoms with Crippen molar-refractivity contribution < 1.29 is 9.53 Å². The van der Waals surface area contributed by atoms with E-state index in [1.807, 2.05) is 0 Å². The van der Waals surface area contributed by atoms with Gasteiger partial charge < -0.3 is 15.8 Å². The molecule has 0 fully saturated rings. The molecule has 1 rings (SSSR count). The molecule has 5 heteroatoms. The summed E-state index contributed by atoms with van der Waals surface area (Å²) in [6.07, 6.45) is 2.50. The summed E-state index contributed by atoms with van der Waals surface area (Å²) in [6, 6.07) is 1.91. The minimum absolute atomic E-state index is 0.284. The number of nitrogen functional groups attached to an aromatic ring is 1. The Morgan fingerprint density at radius 2 is 2.17 bits per heavy atom. The first-order chi connectivity index (χ1) is 8.43. The third-order valence-electron chi connectivity index (χ3n) is 2.56. The number of nitrogens with one attached hydrogen (secondary N) is 1. The van der Waals surface area contributed by atoms with Crippen LogP contribution in [0.25, 0.3) is 0 Å². The number of carbonyl (C=O) groups is 1. The van der Waals surface area contributed by atoms with E-state index >= 15 is 0 Å². The summed E-state index contributed by atoms with van der Waals surface area (Å²) in [7, 11) is 1.33. The molecule has 0 aromatic carbocycles. The minimum Gasteiger partial charge on any atom is -0.465 e. The molecule has 100 valence electrons. The molecule has 0 bridgehead atoms.